The van der Waals surface area contributed by atoms with Crippen LogP contribution in [0.5, 0.6) is 0 Å². The Bertz CT molecular complexity index is 983. The number of methoxy groups -OCH3 is 2. The summed E-state index contributed by atoms with van der Waals surface area (Å²) in [4.78, 5) is 34.7. The van der Waals surface area contributed by atoms with Crippen molar-refractivity contribution in [2.24, 2.45) is 0 Å². The highest BCUT2D eigenvalue weighted by Crippen LogP contribution is 2.25. The van der Waals surface area contributed by atoms with Gasteiger partial charge in [-0.25, -0.2) is 4.98 Å². The largest absolute Gasteiger partial charge is 0.383 e. The lowest BCUT2D eigenvalue weighted by Crippen LogP contribution is -2.32. The Labute approximate surface area is 211 Å². The van der Waals surface area contributed by atoms with Crippen LogP contribution in [0.3, 0.4) is 0 Å². The predicted molar refractivity (Wildman–Crippen MR) is 140 cm³/mol. The van der Waals surface area contributed by atoms with Gasteiger partial charge in [-0.1, -0.05) is 13.0 Å². The van der Waals surface area contributed by atoms with Gasteiger partial charge in [-0.3, -0.25) is 14.5 Å². The standard InChI is InChI=1S/C25H37N5O4S/c1-5-10-26-23(31)20-14-18(15-30-11-6-7-19(30)16-34-4)8-9-21(20)27-24(32)22-17-35-25(28-22)29(2)12-13-33-3/h8-9,14,17,19H,5-7,10-13,15-16H2,1-4H3,(H,26,31)(H,27,32)/t19-/m1/s1. The first-order valence-electron chi connectivity index (χ1n) is 12.1. The van der Waals surface area contributed by atoms with E-state index in [4.69, 9.17) is 9.47 Å². The van der Waals surface area contributed by atoms with Gasteiger partial charge < -0.3 is 25.0 Å². The van der Waals surface area contributed by atoms with Gasteiger partial charge in [0.1, 0.15) is 5.69 Å². The molecular weight excluding hydrogens is 466 g/mol. The SMILES string of the molecule is CCCNC(=O)c1cc(CN2CCC[C@@H]2COC)ccc1NC(=O)c1csc(N(C)CCOC)n1. The predicted octanol–water partition coefficient (Wildman–Crippen LogP) is 3.23. The molecule has 0 spiro atoms. The molecule has 1 fully saturated rings. The molecule has 2 aromatic rings. The molecule has 0 saturated carbocycles. The quantitative estimate of drug-likeness (QED) is 0.433. The highest BCUT2D eigenvalue weighted by Gasteiger charge is 2.25. The Morgan fingerprint density at radius 2 is 2.09 bits per heavy atom. The maximum atomic E-state index is 13.0. The number of rotatable bonds is 13. The van der Waals surface area contributed by atoms with Crippen molar-refractivity contribution in [3.05, 3.63) is 40.4 Å². The molecule has 1 saturated heterocycles. The molecular formula is C25H37N5O4S. The first-order chi connectivity index (χ1) is 17.0. The zero-order valence-corrected chi connectivity index (χ0v) is 22.0. The van der Waals surface area contributed by atoms with Crippen molar-refractivity contribution in [1.29, 1.82) is 0 Å². The smallest absolute Gasteiger partial charge is 0.275 e. The number of nitrogens with one attached hydrogen (secondary N) is 2. The summed E-state index contributed by atoms with van der Waals surface area (Å²) in [6, 6.07) is 6.05. The van der Waals surface area contributed by atoms with Crippen molar-refractivity contribution < 1.29 is 19.1 Å². The zero-order chi connectivity index (χ0) is 25.2. The van der Waals surface area contributed by atoms with Gasteiger partial charge in [0.2, 0.25) is 0 Å². The second kappa shape index (κ2) is 13.5. The Hall–Kier alpha value is -2.53. The van der Waals surface area contributed by atoms with E-state index in [1.807, 2.05) is 37.1 Å². The Kier molecular flexibility index (Phi) is 10.5. The minimum absolute atomic E-state index is 0.197. The highest BCUT2D eigenvalue weighted by molar-refractivity contribution is 7.13. The zero-order valence-electron chi connectivity index (χ0n) is 21.1. The van der Waals surface area contributed by atoms with Crippen LogP contribution in [0.25, 0.3) is 0 Å². The molecule has 3 rings (SSSR count). The van der Waals surface area contributed by atoms with Gasteiger partial charge in [0.05, 0.1) is 24.5 Å². The fourth-order valence-electron chi connectivity index (χ4n) is 4.09. The number of aromatic nitrogens is 1. The average molecular weight is 504 g/mol. The Morgan fingerprint density at radius 1 is 1.26 bits per heavy atom. The fourth-order valence-corrected chi connectivity index (χ4v) is 4.89. The van der Waals surface area contributed by atoms with E-state index in [1.165, 1.54) is 11.3 Å². The number of carbonyl (C=O) groups is 2. The summed E-state index contributed by atoms with van der Waals surface area (Å²) in [7, 11) is 5.29. The van der Waals surface area contributed by atoms with Crippen LogP contribution in [-0.2, 0) is 16.0 Å². The van der Waals surface area contributed by atoms with Gasteiger partial charge in [-0.15, -0.1) is 11.3 Å². The molecule has 2 heterocycles. The molecule has 1 aliphatic heterocycles. The van der Waals surface area contributed by atoms with Crippen LogP contribution in [0.2, 0.25) is 0 Å². The molecule has 1 atom stereocenters. The van der Waals surface area contributed by atoms with Crippen LogP contribution in [-0.4, -0.2) is 81.9 Å². The second-order valence-corrected chi connectivity index (χ2v) is 9.58. The summed E-state index contributed by atoms with van der Waals surface area (Å²) in [5, 5.41) is 8.29. The lowest BCUT2D eigenvalue weighted by molar-refractivity contribution is 0.0954. The number of hydrogen-bond acceptors (Lipinski definition) is 8. The third-order valence-electron chi connectivity index (χ3n) is 6.04. The van der Waals surface area contributed by atoms with E-state index in [9.17, 15) is 9.59 Å². The molecule has 1 aromatic heterocycles. The van der Waals surface area contributed by atoms with E-state index in [0.717, 1.165) is 43.0 Å². The minimum Gasteiger partial charge on any atom is -0.383 e. The lowest BCUT2D eigenvalue weighted by Gasteiger charge is -2.24. The van der Waals surface area contributed by atoms with Crippen molar-refractivity contribution in [2.45, 2.75) is 38.8 Å². The second-order valence-electron chi connectivity index (χ2n) is 8.74. The number of nitrogens with zero attached hydrogens (tertiary/aromatic N) is 3. The van der Waals surface area contributed by atoms with Gasteiger partial charge >= 0.3 is 0 Å². The van der Waals surface area contributed by atoms with Gasteiger partial charge in [-0.05, 0) is 43.5 Å². The first kappa shape index (κ1) is 27.1. The monoisotopic (exact) mass is 503 g/mol. The Balaban J connectivity index is 1.77. The molecule has 10 heteroatoms. The van der Waals surface area contributed by atoms with E-state index < -0.39 is 0 Å². The van der Waals surface area contributed by atoms with Crippen LogP contribution in [0.1, 0.15) is 52.6 Å². The number of amides is 2. The van der Waals surface area contributed by atoms with Crippen molar-refractivity contribution >= 4 is 34.0 Å². The van der Waals surface area contributed by atoms with E-state index in [2.05, 4.69) is 20.5 Å². The number of carbonyl (C=O) groups excluding carboxylic acids is 2. The molecule has 0 radical (unpaired) electrons. The normalized spacial score (nSPS) is 15.8. The van der Waals surface area contributed by atoms with Crippen molar-refractivity contribution in [3.63, 3.8) is 0 Å². The molecule has 192 valence electrons. The summed E-state index contributed by atoms with van der Waals surface area (Å²) in [6.45, 7) is 6.27. The van der Waals surface area contributed by atoms with Gasteiger partial charge in [-0.2, -0.15) is 0 Å². The summed E-state index contributed by atoms with van der Waals surface area (Å²) >= 11 is 1.40. The molecule has 1 aliphatic rings. The van der Waals surface area contributed by atoms with Gasteiger partial charge in [0, 0.05) is 52.3 Å². The lowest BCUT2D eigenvalue weighted by atomic mass is 10.1. The van der Waals surface area contributed by atoms with Crippen LogP contribution in [0.15, 0.2) is 23.6 Å². The minimum atomic E-state index is -0.343. The summed E-state index contributed by atoms with van der Waals surface area (Å²) in [5.74, 6) is -0.540. The molecule has 0 bridgehead atoms. The molecule has 0 aliphatic carbocycles. The van der Waals surface area contributed by atoms with Gasteiger partial charge in [0.25, 0.3) is 11.8 Å². The van der Waals surface area contributed by atoms with Crippen molar-refractivity contribution in [2.75, 3.05) is 64.3 Å². The fraction of sp³-hybridized carbons (Fsp3) is 0.560. The van der Waals surface area contributed by atoms with E-state index in [-0.39, 0.29) is 11.8 Å². The number of likely N-dealkylation sites (N-methyl/N-ethyl adjacent to an activating group) is 1. The van der Waals surface area contributed by atoms with Gasteiger partial charge in [0.15, 0.2) is 5.13 Å². The van der Waals surface area contributed by atoms with E-state index in [1.54, 1.807) is 19.6 Å². The molecule has 2 amide bonds. The third kappa shape index (κ3) is 7.47. The number of hydrogen-bond donors (Lipinski definition) is 2. The molecule has 0 unspecified atom stereocenters. The van der Waals surface area contributed by atoms with Crippen molar-refractivity contribution in [3.8, 4) is 0 Å². The van der Waals surface area contributed by atoms with E-state index >= 15 is 0 Å². The summed E-state index contributed by atoms with van der Waals surface area (Å²) in [6.07, 6.45) is 3.09. The topological polar surface area (TPSA) is 96.0 Å². The Morgan fingerprint density at radius 3 is 2.83 bits per heavy atom. The summed E-state index contributed by atoms with van der Waals surface area (Å²) in [5.41, 5.74) is 2.28. The number of thiazole rings is 1. The van der Waals surface area contributed by atoms with Crippen LogP contribution in [0, 0.1) is 0 Å². The first-order valence-corrected chi connectivity index (χ1v) is 13.0. The third-order valence-corrected chi connectivity index (χ3v) is 6.99. The van der Waals surface area contributed by atoms with E-state index in [0.29, 0.717) is 49.3 Å². The van der Waals surface area contributed by atoms with Crippen LogP contribution >= 0.6 is 11.3 Å². The molecule has 35 heavy (non-hydrogen) atoms. The number of likely N-dealkylation sites (tertiary alicyclic amines) is 1. The van der Waals surface area contributed by atoms with Crippen LogP contribution in [0.4, 0.5) is 10.8 Å². The molecule has 1 aromatic carbocycles. The number of benzene rings is 1. The molecule has 9 nitrogen and oxygen atoms in total. The number of anilines is 2. The maximum absolute atomic E-state index is 13.0. The summed E-state index contributed by atoms with van der Waals surface area (Å²) < 4.78 is 10.5. The number of ether oxygens (including phenoxy) is 2. The van der Waals surface area contributed by atoms with Crippen molar-refractivity contribution in [1.82, 2.24) is 15.2 Å². The maximum Gasteiger partial charge on any atom is 0.275 e. The highest BCUT2D eigenvalue weighted by atomic mass is 32.1. The average Bonchev–Trinajstić information content (AvgIpc) is 3.52. The van der Waals surface area contributed by atoms with Crippen LogP contribution < -0.4 is 15.5 Å². The molecule has 2 N–H and O–H groups in total.